The van der Waals surface area contributed by atoms with Crippen molar-refractivity contribution in [1.82, 2.24) is 5.32 Å². The van der Waals surface area contributed by atoms with Gasteiger partial charge in [0, 0.05) is 6.54 Å². The van der Waals surface area contributed by atoms with Crippen LogP contribution in [0.4, 0.5) is 4.39 Å². The Bertz CT molecular complexity index is 102. The van der Waals surface area contributed by atoms with E-state index in [4.69, 9.17) is 0 Å². The van der Waals surface area contributed by atoms with Crippen LogP contribution in [0.15, 0.2) is 0 Å². The summed E-state index contributed by atoms with van der Waals surface area (Å²) in [5.41, 5.74) is -0.605. The average molecular weight is 147 g/mol. The second-order valence-corrected chi connectivity index (χ2v) is 2.94. The van der Waals surface area contributed by atoms with Crippen LogP contribution in [0.3, 0.4) is 0 Å². The fourth-order valence-corrected chi connectivity index (χ4v) is 1.34. The van der Waals surface area contributed by atoms with Crippen LogP contribution in [-0.2, 0) is 0 Å². The zero-order chi connectivity index (χ0) is 7.45. The van der Waals surface area contributed by atoms with Crippen molar-refractivity contribution < 1.29 is 9.50 Å². The van der Waals surface area contributed by atoms with E-state index in [1.807, 2.05) is 0 Å². The van der Waals surface area contributed by atoms with Gasteiger partial charge in [-0.2, -0.15) is 0 Å². The van der Waals surface area contributed by atoms with Crippen molar-refractivity contribution in [3.8, 4) is 0 Å². The lowest BCUT2D eigenvalue weighted by molar-refractivity contribution is 0.0483. The maximum absolute atomic E-state index is 11.7. The molecule has 0 bridgehead atoms. The van der Waals surface area contributed by atoms with Gasteiger partial charge in [-0.1, -0.05) is 0 Å². The van der Waals surface area contributed by atoms with Gasteiger partial charge in [0.15, 0.2) is 0 Å². The Morgan fingerprint density at radius 3 is 2.90 bits per heavy atom. The molecule has 1 aliphatic heterocycles. The second-order valence-electron chi connectivity index (χ2n) is 2.94. The molecule has 0 aromatic rings. The van der Waals surface area contributed by atoms with E-state index < -0.39 is 5.60 Å². The summed E-state index contributed by atoms with van der Waals surface area (Å²) in [4.78, 5) is 0. The third-order valence-corrected chi connectivity index (χ3v) is 2.00. The molecular formula is C7H14FNO. The molecule has 10 heavy (non-hydrogen) atoms. The van der Waals surface area contributed by atoms with E-state index >= 15 is 0 Å². The summed E-state index contributed by atoms with van der Waals surface area (Å²) >= 11 is 0. The lowest BCUT2D eigenvalue weighted by atomic mass is 9.97. The minimum atomic E-state index is -0.605. The normalized spacial score (nSPS) is 33.0. The fraction of sp³-hybridized carbons (Fsp3) is 1.00. The lowest BCUT2D eigenvalue weighted by Crippen LogP contribution is -2.31. The first-order chi connectivity index (χ1) is 4.77. The van der Waals surface area contributed by atoms with Crippen LogP contribution in [-0.4, -0.2) is 30.5 Å². The predicted molar refractivity (Wildman–Crippen MR) is 37.6 cm³/mol. The molecule has 3 heteroatoms. The van der Waals surface area contributed by atoms with Crippen LogP contribution in [0.2, 0.25) is 0 Å². The molecular weight excluding hydrogens is 133 g/mol. The van der Waals surface area contributed by atoms with Gasteiger partial charge >= 0.3 is 0 Å². The molecule has 0 aromatic carbocycles. The number of aliphatic hydroxyl groups is 1. The highest BCUT2D eigenvalue weighted by atomic mass is 19.1. The van der Waals surface area contributed by atoms with Gasteiger partial charge in [-0.25, -0.2) is 0 Å². The number of hydrogen-bond acceptors (Lipinski definition) is 2. The lowest BCUT2D eigenvalue weighted by Gasteiger charge is -2.19. The Kier molecular flexibility index (Phi) is 2.63. The van der Waals surface area contributed by atoms with E-state index in [0.717, 1.165) is 13.0 Å². The van der Waals surface area contributed by atoms with Crippen molar-refractivity contribution >= 4 is 0 Å². The summed E-state index contributed by atoms with van der Waals surface area (Å²) in [7, 11) is 0. The molecule has 0 saturated carbocycles. The van der Waals surface area contributed by atoms with Gasteiger partial charge in [-0.15, -0.1) is 0 Å². The van der Waals surface area contributed by atoms with Gasteiger partial charge < -0.3 is 10.4 Å². The summed E-state index contributed by atoms with van der Waals surface area (Å²) in [5, 5.41) is 12.6. The molecule has 2 N–H and O–H groups in total. The summed E-state index contributed by atoms with van der Waals surface area (Å²) in [6.07, 6.45) is 1.85. The highest BCUT2D eigenvalue weighted by molar-refractivity contribution is 4.87. The first-order valence-corrected chi connectivity index (χ1v) is 3.76. The number of alkyl halides is 1. The molecule has 1 unspecified atom stereocenters. The Balaban J connectivity index is 2.22. The molecule has 1 aliphatic rings. The molecule has 1 saturated heterocycles. The zero-order valence-electron chi connectivity index (χ0n) is 6.07. The van der Waals surface area contributed by atoms with Crippen molar-refractivity contribution in [3.05, 3.63) is 0 Å². The first-order valence-electron chi connectivity index (χ1n) is 3.76. The Labute approximate surface area is 60.4 Å². The average Bonchev–Trinajstić information content (AvgIpc) is 2.33. The van der Waals surface area contributed by atoms with Gasteiger partial charge in [-0.3, -0.25) is 4.39 Å². The van der Waals surface area contributed by atoms with Crippen LogP contribution in [0, 0.1) is 0 Å². The Morgan fingerprint density at radius 2 is 2.40 bits per heavy atom. The van der Waals surface area contributed by atoms with Gasteiger partial charge in [-0.05, 0) is 25.8 Å². The van der Waals surface area contributed by atoms with E-state index in [1.54, 1.807) is 0 Å². The van der Waals surface area contributed by atoms with Gasteiger partial charge in [0.2, 0.25) is 0 Å². The van der Waals surface area contributed by atoms with E-state index in [1.165, 1.54) is 0 Å². The number of hydrogen-bond donors (Lipinski definition) is 2. The third kappa shape index (κ3) is 1.92. The monoisotopic (exact) mass is 147 g/mol. The van der Waals surface area contributed by atoms with E-state index in [9.17, 15) is 9.50 Å². The van der Waals surface area contributed by atoms with E-state index in [-0.39, 0.29) is 6.67 Å². The van der Waals surface area contributed by atoms with Gasteiger partial charge in [0.25, 0.3) is 0 Å². The van der Waals surface area contributed by atoms with Crippen molar-refractivity contribution in [2.24, 2.45) is 0 Å². The minimum absolute atomic E-state index is 0.317. The van der Waals surface area contributed by atoms with Crippen molar-refractivity contribution in [2.45, 2.75) is 24.9 Å². The van der Waals surface area contributed by atoms with Crippen LogP contribution >= 0.6 is 0 Å². The largest absolute Gasteiger partial charge is 0.389 e. The zero-order valence-corrected chi connectivity index (χ0v) is 6.07. The molecule has 0 amide bonds. The third-order valence-electron chi connectivity index (χ3n) is 2.00. The summed E-state index contributed by atoms with van der Waals surface area (Å²) in [6.45, 7) is 1.18. The maximum Gasteiger partial charge on any atom is 0.0895 e. The molecule has 0 aromatic heterocycles. The van der Waals surface area contributed by atoms with Crippen molar-refractivity contribution in [2.75, 3.05) is 19.8 Å². The highest BCUT2D eigenvalue weighted by Crippen LogP contribution is 2.19. The Hall–Kier alpha value is -0.150. The van der Waals surface area contributed by atoms with Crippen LogP contribution in [0.5, 0.6) is 0 Å². The summed E-state index contributed by atoms with van der Waals surface area (Å²) < 4.78 is 11.7. The maximum atomic E-state index is 11.7. The second kappa shape index (κ2) is 3.30. The molecule has 1 atom stereocenters. The smallest absolute Gasteiger partial charge is 0.0895 e. The van der Waals surface area contributed by atoms with E-state index in [2.05, 4.69) is 5.32 Å². The quantitative estimate of drug-likeness (QED) is 0.608. The van der Waals surface area contributed by atoms with Crippen LogP contribution in [0.25, 0.3) is 0 Å². The predicted octanol–water partition coefficient (Wildman–Crippen LogP) is 0.460. The highest BCUT2D eigenvalue weighted by Gasteiger charge is 2.29. The number of nitrogens with one attached hydrogen (secondary N) is 1. The number of rotatable bonds is 3. The molecule has 60 valence electrons. The molecule has 2 nitrogen and oxygen atoms in total. The van der Waals surface area contributed by atoms with E-state index in [0.29, 0.717) is 19.4 Å². The molecule has 1 rings (SSSR count). The molecule has 0 spiro atoms. The summed E-state index contributed by atoms with van der Waals surface area (Å²) in [5.74, 6) is 0. The molecule has 0 radical (unpaired) electrons. The topological polar surface area (TPSA) is 32.3 Å². The van der Waals surface area contributed by atoms with Crippen LogP contribution in [0.1, 0.15) is 19.3 Å². The first kappa shape index (κ1) is 7.95. The van der Waals surface area contributed by atoms with Gasteiger partial charge in [0.05, 0.1) is 12.3 Å². The van der Waals surface area contributed by atoms with Crippen molar-refractivity contribution in [3.63, 3.8) is 0 Å². The summed E-state index contributed by atoms with van der Waals surface area (Å²) in [6, 6.07) is 0. The standard InChI is InChI=1S/C7H14FNO/c8-4-1-2-7(10)3-5-9-6-7/h9-10H,1-6H2. The van der Waals surface area contributed by atoms with Crippen LogP contribution < -0.4 is 5.32 Å². The van der Waals surface area contributed by atoms with Gasteiger partial charge in [0.1, 0.15) is 0 Å². The minimum Gasteiger partial charge on any atom is -0.389 e. The number of halogens is 1. The Morgan fingerprint density at radius 1 is 1.60 bits per heavy atom. The molecule has 1 fully saturated rings. The fourth-order valence-electron chi connectivity index (χ4n) is 1.34. The molecule has 1 heterocycles. The number of β-amino-alcohol motifs (C(OH)–C–C–N with tert-alkyl or cyclic N) is 1. The van der Waals surface area contributed by atoms with Crippen molar-refractivity contribution in [1.29, 1.82) is 0 Å². The SMILES string of the molecule is OC1(CCCF)CCNC1. The molecule has 0 aliphatic carbocycles.